The third-order valence-electron chi connectivity index (χ3n) is 3.57. The average Bonchev–Trinajstić information content (AvgIpc) is 2.81. The molecule has 0 spiro atoms. The van der Waals surface area contributed by atoms with Crippen molar-refractivity contribution in [3.05, 3.63) is 20.8 Å². The number of nitrogens with zero attached hydrogens (tertiary/aromatic N) is 1. The van der Waals surface area contributed by atoms with Gasteiger partial charge < -0.3 is 10.0 Å². The molecule has 2 heterocycles. The van der Waals surface area contributed by atoms with Crippen molar-refractivity contribution < 1.29 is 14.7 Å². The van der Waals surface area contributed by atoms with Crippen LogP contribution in [0.4, 0.5) is 0 Å². The maximum atomic E-state index is 12.2. The van der Waals surface area contributed by atoms with Gasteiger partial charge in [-0.15, -0.1) is 11.3 Å². The Balaban J connectivity index is 1.89. The predicted molar refractivity (Wildman–Crippen MR) is 81.8 cm³/mol. The summed E-state index contributed by atoms with van der Waals surface area (Å²) in [7, 11) is 0. The van der Waals surface area contributed by atoms with Gasteiger partial charge in [0.15, 0.2) is 0 Å². The van der Waals surface area contributed by atoms with E-state index in [0.717, 1.165) is 10.9 Å². The molecular formula is C14H18BrNO3S. The number of carboxylic acids is 1. The third-order valence-corrected chi connectivity index (χ3v) is 5.33. The number of carboxylic acid groups (broad SMARTS) is 1. The highest BCUT2D eigenvalue weighted by molar-refractivity contribution is 9.10. The molecule has 1 fully saturated rings. The maximum absolute atomic E-state index is 12.2. The molecule has 0 radical (unpaired) electrons. The van der Waals surface area contributed by atoms with Crippen LogP contribution in [0.2, 0.25) is 0 Å². The molecule has 6 heteroatoms. The number of rotatable bonds is 4. The van der Waals surface area contributed by atoms with Crippen LogP contribution in [0.3, 0.4) is 0 Å². The molecule has 1 N–H and O–H groups in total. The molecule has 1 saturated heterocycles. The summed E-state index contributed by atoms with van der Waals surface area (Å²) in [6.45, 7) is 3.04. The Morgan fingerprint density at radius 1 is 1.50 bits per heavy atom. The van der Waals surface area contributed by atoms with E-state index in [1.807, 2.05) is 18.4 Å². The summed E-state index contributed by atoms with van der Waals surface area (Å²) in [5.74, 6) is -0.896. The summed E-state index contributed by atoms with van der Waals surface area (Å²) < 4.78 is 1.04. The summed E-state index contributed by atoms with van der Waals surface area (Å²) in [5.41, 5.74) is 0. The number of carbonyl (C=O) groups is 2. The number of hydrogen-bond donors (Lipinski definition) is 1. The molecule has 1 aliphatic heterocycles. The molecule has 1 aliphatic rings. The number of hydrogen-bond acceptors (Lipinski definition) is 3. The second-order valence-electron chi connectivity index (χ2n) is 5.41. The lowest BCUT2D eigenvalue weighted by atomic mass is 9.90. The van der Waals surface area contributed by atoms with E-state index >= 15 is 0 Å². The molecule has 0 saturated carbocycles. The van der Waals surface area contributed by atoms with E-state index in [2.05, 4.69) is 15.9 Å². The lowest BCUT2D eigenvalue weighted by Crippen LogP contribution is -2.45. The summed E-state index contributed by atoms with van der Waals surface area (Å²) >= 11 is 5.03. The van der Waals surface area contributed by atoms with E-state index in [4.69, 9.17) is 5.11 Å². The number of aryl methyl sites for hydroxylation is 1. The van der Waals surface area contributed by atoms with E-state index in [9.17, 15) is 9.59 Å². The Kier molecular flexibility index (Phi) is 5.21. The van der Waals surface area contributed by atoms with Crippen LogP contribution in [0.1, 0.15) is 24.6 Å². The van der Waals surface area contributed by atoms with Gasteiger partial charge in [0.25, 0.3) is 0 Å². The third kappa shape index (κ3) is 4.06. The van der Waals surface area contributed by atoms with Gasteiger partial charge >= 0.3 is 5.97 Å². The highest BCUT2D eigenvalue weighted by Gasteiger charge is 2.31. The highest BCUT2D eigenvalue weighted by Crippen LogP contribution is 2.24. The Morgan fingerprint density at radius 3 is 2.85 bits per heavy atom. The predicted octanol–water partition coefficient (Wildman–Crippen LogP) is 3.01. The molecule has 110 valence electrons. The fourth-order valence-electron chi connectivity index (χ4n) is 2.61. The second-order valence-corrected chi connectivity index (χ2v) is 7.32. The first kappa shape index (κ1) is 15.5. The zero-order valence-electron chi connectivity index (χ0n) is 11.3. The molecule has 0 aromatic carbocycles. The van der Waals surface area contributed by atoms with Crippen molar-refractivity contribution in [3.8, 4) is 0 Å². The van der Waals surface area contributed by atoms with Gasteiger partial charge in [-0.3, -0.25) is 9.59 Å². The van der Waals surface area contributed by atoms with Gasteiger partial charge in [0, 0.05) is 34.2 Å². The zero-order valence-corrected chi connectivity index (χ0v) is 13.7. The van der Waals surface area contributed by atoms with Crippen LogP contribution >= 0.6 is 27.3 Å². The normalized spacial score (nSPS) is 22.8. The van der Waals surface area contributed by atoms with Crippen LogP contribution in [-0.2, 0) is 16.0 Å². The molecule has 2 unspecified atom stereocenters. The van der Waals surface area contributed by atoms with E-state index < -0.39 is 11.9 Å². The van der Waals surface area contributed by atoms with E-state index in [0.29, 0.717) is 25.9 Å². The highest BCUT2D eigenvalue weighted by atomic mass is 79.9. The standard InChI is InChI=1S/C14H18BrNO3S/c1-9-4-10(14(18)19)7-16(6-9)13(17)3-2-12-5-11(15)8-20-12/h5,8-10H,2-4,6-7H2,1H3,(H,18,19). The van der Waals surface area contributed by atoms with Crippen LogP contribution in [0.5, 0.6) is 0 Å². The molecule has 2 atom stereocenters. The summed E-state index contributed by atoms with van der Waals surface area (Å²) in [5, 5.41) is 11.1. The minimum Gasteiger partial charge on any atom is -0.481 e. The number of thiophene rings is 1. The van der Waals surface area contributed by atoms with E-state index in [1.54, 1.807) is 16.2 Å². The van der Waals surface area contributed by atoms with Crippen molar-refractivity contribution >= 4 is 39.1 Å². The Bertz CT molecular complexity index is 502. The Labute approximate surface area is 130 Å². The number of carbonyl (C=O) groups excluding carboxylic acids is 1. The van der Waals surface area contributed by atoms with Gasteiger partial charge in [-0.25, -0.2) is 0 Å². The molecule has 1 aromatic rings. The molecule has 0 bridgehead atoms. The van der Waals surface area contributed by atoms with Crippen molar-refractivity contribution in [2.75, 3.05) is 13.1 Å². The smallest absolute Gasteiger partial charge is 0.308 e. The van der Waals surface area contributed by atoms with Gasteiger partial charge in [-0.05, 0) is 40.8 Å². The average molecular weight is 360 g/mol. The van der Waals surface area contributed by atoms with Crippen molar-refractivity contribution in [2.24, 2.45) is 11.8 Å². The number of amides is 1. The largest absolute Gasteiger partial charge is 0.481 e. The van der Waals surface area contributed by atoms with Crippen LogP contribution in [0.15, 0.2) is 15.9 Å². The van der Waals surface area contributed by atoms with Gasteiger partial charge in [0.05, 0.1) is 5.92 Å². The quantitative estimate of drug-likeness (QED) is 0.898. The van der Waals surface area contributed by atoms with Crippen LogP contribution < -0.4 is 0 Å². The number of likely N-dealkylation sites (tertiary alicyclic amines) is 1. The molecular weight excluding hydrogens is 342 g/mol. The molecule has 0 aliphatic carbocycles. The summed E-state index contributed by atoms with van der Waals surface area (Å²) in [6, 6.07) is 2.02. The van der Waals surface area contributed by atoms with E-state index in [-0.39, 0.29) is 11.8 Å². The molecule has 2 rings (SSSR count). The minimum atomic E-state index is -0.795. The van der Waals surface area contributed by atoms with Gasteiger partial charge in [-0.1, -0.05) is 6.92 Å². The summed E-state index contributed by atoms with van der Waals surface area (Å²) in [6.07, 6.45) is 1.83. The zero-order chi connectivity index (χ0) is 14.7. The summed E-state index contributed by atoms with van der Waals surface area (Å²) in [4.78, 5) is 26.2. The van der Waals surface area contributed by atoms with Gasteiger partial charge in [0.2, 0.25) is 5.91 Å². The molecule has 1 amide bonds. The topological polar surface area (TPSA) is 57.6 Å². The number of piperidine rings is 1. The first-order chi connectivity index (χ1) is 9.45. The van der Waals surface area contributed by atoms with Crippen molar-refractivity contribution in [1.29, 1.82) is 0 Å². The SMILES string of the molecule is CC1CC(C(=O)O)CN(C(=O)CCc2cc(Br)cs2)C1. The Hall–Kier alpha value is -0.880. The van der Waals surface area contributed by atoms with Gasteiger partial charge in [-0.2, -0.15) is 0 Å². The lowest BCUT2D eigenvalue weighted by molar-refractivity contribution is -0.146. The van der Waals surface area contributed by atoms with Crippen molar-refractivity contribution in [2.45, 2.75) is 26.2 Å². The lowest BCUT2D eigenvalue weighted by Gasteiger charge is -2.34. The Morgan fingerprint density at radius 2 is 2.25 bits per heavy atom. The molecule has 4 nitrogen and oxygen atoms in total. The van der Waals surface area contributed by atoms with Crippen LogP contribution in [-0.4, -0.2) is 35.0 Å². The second kappa shape index (κ2) is 6.72. The first-order valence-corrected chi connectivity index (χ1v) is 8.36. The van der Waals surface area contributed by atoms with Crippen LogP contribution in [0, 0.1) is 11.8 Å². The maximum Gasteiger partial charge on any atom is 0.308 e. The number of aliphatic carboxylic acids is 1. The monoisotopic (exact) mass is 359 g/mol. The van der Waals surface area contributed by atoms with Crippen molar-refractivity contribution in [3.63, 3.8) is 0 Å². The molecule has 1 aromatic heterocycles. The fourth-order valence-corrected chi connectivity index (χ4v) is 4.06. The number of halogens is 1. The van der Waals surface area contributed by atoms with E-state index in [1.165, 1.54) is 4.88 Å². The minimum absolute atomic E-state index is 0.0623. The van der Waals surface area contributed by atoms with Crippen LogP contribution in [0.25, 0.3) is 0 Å². The molecule has 20 heavy (non-hydrogen) atoms. The fraction of sp³-hybridized carbons (Fsp3) is 0.571. The van der Waals surface area contributed by atoms with Gasteiger partial charge in [0.1, 0.15) is 0 Å². The van der Waals surface area contributed by atoms with Crippen molar-refractivity contribution in [1.82, 2.24) is 4.90 Å². The first-order valence-electron chi connectivity index (χ1n) is 6.69.